The predicted molar refractivity (Wildman–Crippen MR) is 89.3 cm³/mol. The number of amides is 1. The maximum Gasteiger partial charge on any atom is 0.323 e. The summed E-state index contributed by atoms with van der Waals surface area (Å²) in [5, 5.41) is 2.46. The van der Waals surface area contributed by atoms with Crippen molar-refractivity contribution < 1.29 is 9.18 Å². The summed E-state index contributed by atoms with van der Waals surface area (Å²) in [5.74, 6) is -0.475. The van der Waals surface area contributed by atoms with Crippen molar-refractivity contribution in [3.05, 3.63) is 58.8 Å². The molecule has 1 atom stereocenters. The van der Waals surface area contributed by atoms with Crippen LogP contribution in [-0.2, 0) is 4.79 Å². The number of nitrogens with one attached hydrogen (secondary N) is 3. The molecule has 3 aromatic rings. The third-order valence-corrected chi connectivity index (χ3v) is 4.39. The number of hydrogen-bond donors (Lipinski definition) is 3. The Kier molecular flexibility index (Phi) is 4.20. The Balaban J connectivity index is 1.69. The van der Waals surface area contributed by atoms with E-state index in [1.807, 2.05) is 0 Å². The van der Waals surface area contributed by atoms with E-state index in [1.54, 1.807) is 37.3 Å². The number of anilines is 1. The zero-order chi connectivity index (χ0) is 16.4. The maximum absolute atomic E-state index is 12.9. The van der Waals surface area contributed by atoms with E-state index in [0.717, 1.165) is 4.90 Å². The van der Waals surface area contributed by atoms with E-state index in [0.29, 0.717) is 16.7 Å². The van der Waals surface area contributed by atoms with Gasteiger partial charge in [0.05, 0.1) is 16.3 Å². The monoisotopic (exact) mass is 331 g/mol. The van der Waals surface area contributed by atoms with Gasteiger partial charge in [-0.25, -0.2) is 9.18 Å². The van der Waals surface area contributed by atoms with Crippen molar-refractivity contribution in [2.75, 3.05) is 5.32 Å². The zero-order valence-corrected chi connectivity index (χ0v) is 13.0. The topological polar surface area (TPSA) is 77.8 Å². The van der Waals surface area contributed by atoms with Gasteiger partial charge in [-0.15, -0.1) is 11.8 Å². The van der Waals surface area contributed by atoms with E-state index >= 15 is 0 Å². The molecule has 0 aliphatic rings. The summed E-state index contributed by atoms with van der Waals surface area (Å²) in [6.45, 7) is 1.78. The van der Waals surface area contributed by atoms with Gasteiger partial charge in [0.1, 0.15) is 5.82 Å². The van der Waals surface area contributed by atoms with Crippen molar-refractivity contribution >= 4 is 34.4 Å². The van der Waals surface area contributed by atoms with Crippen molar-refractivity contribution in [1.82, 2.24) is 9.97 Å². The van der Waals surface area contributed by atoms with Crippen LogP contribution in [0.15, 0.2) is 52.2 Å². The molecule has 3 rings (SSSR count). The van der Waals surface area contributed by atoms with E-state index in [-0.39, 0.29) is 22.7 Å². The van der Waals surface area contributed by atoms with Crippen LogP contribution >= 0.6 is 11.8 Å². The third-order valence-electron chi connectivity index (χ3n) is 3.28. The van der Waals surface area contributed by atoms with Crippen LogP contribution < -0.4 is 11.0 Å². The van der Waals surface area contributed by atoms with Crippen LogP contribution in [0.4, 0.5) is 10.1 Å². The molecular weight excluding hydrogens is 317 g/mol. The SMILES string of the molecule is CC(Sc1ccc(F)cc1)C(=O)Nc1ccc2[nH]c(=O)[nH]c2c1. The Morgan fingerprint density at radius 3 is 2.57 bits per heavy atom. The molecule has 5 nitrogen and oxygen atoms in total. The van der Waals surface area contributed by atoms with E-state index in [2.05, 4.69) is 15.3 Å². The van der Waals surface area contributed by atoms with Crippen molar-refractivity contribution in [1.29, 1.82) is 0 Å². The number of thioether (sulfide) groups is 1. The summed E-state index contributed by atoms with van der Waals surface area (Å²) in [4.78, 5) is 29.6. The van der Waals surface area contributed by atoms with Gasteiger partial charge < -0.3 is 15.3 Å². The number of rotatable bonds is 4. The zero-order valence-electron chi connectivity index (χ0n) is 12.2. The second-order valence-corrected chi connectivity index (χ2v) is 6.46. The lowest BCUT2D eigenvalue weighted by Crippen LogP contribution is -2.22. The highest BCUT2D eigenvalue weighted by Crippen LogP contribution is 2.24. The minimum Gasteiger partial charge on any atom is -0.325 e. The molecule has 118 valence electrons. The van der Waals surface area contributed by atoms with Gasteiger partial charge in [-0.2, -0.15) is 0 Å². The first-order valence-corrected chi connectivity index (χ1v) is 7.84. The number of carbonyl (C=O) groups excluding carboxylic acids is 1. The standard InChI is InChI=1S/C16H14FN3O2S/c1-9(23-12-5-2-10(17)3-6-12)15(21)18-11-4-7-13-14(8-11)20-16(22)19-13/h2-9H,1H3,(H,18,21)(H2,19,20,22). The molecule has 0 aliphatic carbocycles. The molecule has 0 radical (unpaired) electrons. The Morgan fingerprint density at radius 1 is 1.13 bits per heavy atom. The molecule has 1 heterocycles. The number of aromatic nitrogens is 2. The molecule has 0 bridgehead atoms. The van der Waals surface area contributed by atoms with Gasteiger partial charge in [-0.1, -0.05) is 0 Å². The number of carbonyl (C=O) groups is 1. The Hall–Kier alpha value is -2.54. The van der Waals surface area contributed by atoms with Crippen molar-refractivity contribution in [3.8, 4) is 0 Å². The van der Waals surface area contributed by atoms with E-state index in [1.165, 1.54) is 23.9 Å². The number of aromatic amines is 2. The molecule has 23 heavy (non-hydrogen) atoms. The minimum absolute atomic E-state index is 0.170. The van der Waals surface area contributed by atoms with Gasteiger partial charge in [0, 0.05) is 10.6 Å². The Bertz CT molecular complexity index is 902. The van der Waals surface area contributed by atoms with Crippen LogP contribution in [0.25, 0.3) is 11.0 Å². The van der Waals surface area contributed by atoms with Crippen LogP contribution in [0.2, 0.25) is 0 Å². The Labute approximate surface area is 135 Å². The lowest BCUT2D eigenvalue weighted by molar-refractivity contribution is -0.115. The average Bonchev–Trinajstić information content (AvgIpc) is 2.88. The number of H-pyrrole nitrogens is 2. The lowest BCUT2D eigenvalue weighted by atomic mass is 10.2. The molecular formula is C16H14FN3O2S. The van der Waals surface area contributed by atoms with Crippen molar-refractivity contribution in [2.45, 2.75) is 17.1 Å². The first-order valence-electron chi connectivity index (χ1n) is 6.96. The number of fused-ring (bicyclic) bond motifs is 1. The van der Waals surface area contributed by atoms with Crippen LogP contribution in [0.5, 0.6) is 0 Å². The molecule has 2 aromatic carbocycles. The molecule has 0 spiro atoms. The van der Waals surface area contributed by atoms with Crippen LogP contribution in [0, 0.1) is 5.82 Å². The molecule has 1 unspecified atom stereocenters. The number of hydrogen-bond acceptors (Lipinski definition) is 3. The van der Waals surface area contributed by atoms with Crippen LogP contribution in [0.3, 0.4) is 0 Å². The minimum atomic E-state index is -0.346. The second kappa shape index (κ2) is 6.29. The fraction of sp³-hybridized carbons (Fsp3) is 0.125. The Morgan fingerprint density at radius 2 is 1.83 bits per heavy atom. The predicted octanol–water partition coefficient (Wildman–Crippen LogP) is 3.11. The highest BCUT2D eigenvalue weighted by molar-refractivity contribution is 8.00. The third kappa shape index (κ3) is 3.62. The van der Waals surface area contributed by atoms with Gasteiger partial charge in [-0.3, -0.25) is 4.79 Å². The largest absolute Gasteiger partial charge is 0.325 e. The van der Waals surface area contributed by atoms with Gasteiger partial charge in [0.15, 0.2) is 0 Å². The fourth-order valence-corrected chi connectivity index (χ4v) is 2.99. The summed E-state index contributed by atoms with van der Waals surface area (Å²) >= 11 is 1.34. The molecule has 0 saturated heterocycles. The van der Waals surface area contributed by atoms with E-state index in [4.69, 9.17) is 0 Å². The smallest absolute Gasteiger partial charge is 0.323 e. The van der Waals surface area contributed by atoms with E-state index in [9.17, 15) is 14.0 Å². The van der Waals surface area contributed by atoms with E-state index < -0.39 is 0 Å². The summed E-state index contributed by atoms with van der Waals surface area (Å²) in [6.07, 6.45) is 0. The van der Waals surface area contributed by atoms with Gasteiger partial charge in [0.2, 0.25) is 5.91 Å². The first-order chi connectivity index (χ1) is 11.0. The van der Waals surface area contributed by atoms with Crippen molar-refractivity contribution in [2.24, 2.45) is 0 Å². The highest BCUT2D eigenvalue weighted by Gasteiger charge is 2.15. The van der Waals surface area contributed by atoms with Gasteiger partial charge >= 0.3 is 5.69 Å². The van der Waals surface area contributed by atoms with Crippen LogP contribution in [-0.4, -0.2) is 21.1 Å². The van der Waals surface area contributed by atoms with Gasteiger partial charge in [0.25, 0.3) is 0 Å². The normalized spacial score (nSPS) is 12.3. The maximum atomic E-state index is 12.9. The number of halogens is 1. The molecule has 7 heteroatoms. The molecule has 0 saturated carbocycles. The van der Waals surface area contributed by atoms with Crippen molar-refractivity contribution in [3.63, 3.8) is 0 Å². The number of benzene rings is 2. The molecule has 0 fully saturated rings. The molecule has 1 amide bonds. The first kappa shape index (κ1) is 15.4. The van der Waals surface area contributed by atoms with Gasteiger partial charge in [-0.05, 0) is 49.4 Å². The lowest BCUT2D eigenvalue weighted by Gasteiger charge is -2.12. The summed E-state index contributed by atoms with van der Waals surface area (Å²) in [6, 6.07) is 11.1. The summed E-state index contributed by atoms with van der Waals surface area (Å²) < 4.78 is 12.9. The fourth-order valence-electron chi connectivity index (χ4n) is 2.13. The number of imidazole rings is 1. The summed E-state index contributed by atoms with van der Waals surface area (Å²) in [7, 11) is 0. The average molecular weight is 331 g/mol. The highest BCUT2D eigenvalue weighted by atomic mass is 32.2. The second-order valence-electron chi connectivity index (χ2n) is 5.04. The molecule has 1 aromatic heterocycles. The molecule has 0 aliphatic heterocycles. The quantitative estimate of drug-likeness (QED) is 0.643. The van der Waals surface area contributed by atoms with Crippen LogP contribution in [0.1, 0.15) is 6.92 Å². The molecule has 3 N–H and O–H groups in total. The summed E-state index contributed by atoms with van der Waals surface area (Å²) in [5.41, 5.74) is 1.63.